The van der Waals surface area contributed by atoms with E-state index in [1.165, 1.54) is 0 Å². The molecule has 8 heteroatoms. The van der Waals surface area contributed by atoms with Crippen molar-refractivity contribution in [2.45, 2.75) is 12.8 Å². The van der Waals surface area contributed by atoms with Gasteiger partial charge in [0.05, 0.1) is 13.2 Å². The third kappa shape index (κ3) is 3.48. The summed E-state index contributed by atoms with van der Waals surface area (Å²) in [7, 11) is 0. The second kappa shape index (κ2) is 7.18. The number of carbonyl (C=O) groups is 1. The van der Waals surface area contributed by atoms with Crippen LogP contribution in [-0.2, 0) is 9.53 Å². The largest absolute Gasteiger partial charge is 0.378 e. The van der Waals surface area contributed by atoms with Crippen molar-refractivity contribution in [3.63, 3.8) is 0 Å². The molecule has 2 aromatic rings. The Hall–Kier alpha value is -2.48. The molecule has 2 fully saturated rings. The molecule has 2 saturated heterocycles. The molecule has 0 aromatic carbocycles. The van der Waals surface area contributed by atoms with Crippen molar-refractivity contribution in [1.82, 2.24) is 20.0 Å². The van der Waals surface area contributed by atoms with Gasteiger partial charge in [0.2, 0.25) is 11.7 Å². The molecule has 2 aromatic heterocycles. The van der Waals surface area contributed by atoms with Gasteiger partial charge in [0, 0.05) is 50.1 Å². The van der Waals surface area contributed by atoms with Gasteiger partial charge in [-0.05, 0) is 25.0 Å². The van der Waals surface area contributed by atoms with Crippen molar-refractivity contribution in [2.75, 3.05) is 44.3 Å². The molecule has 4 rings (SSSR count). The Labute approximate surface area is 145 Å². The minimum Gasteiger partial charge on any atom is -0.378 e. The molecule has 1 amide bonds. The Morgan fingerprint density at radius 3 is 2.52 bits per heavy atom. The van der Waals surface area contributed by atoms with Crippen LogP contribution in [0.1, 0.15) is 12.8 Å². The maximum Gasteiger partial charge on any atom is 0.324 e. The van der Waals surface area contributed by atoms with Crippen LogP contribution in [0.25, 0.3) is 11.4 Å². The highest BCUT2D eigenvalue weighted by Crippen LogP contribution is 2.25. The standard InChI is InChI=1S/C17H21N5O3/c23-16(21-9-11-24-12-10-21)14-3-7-22(8-4-14)17-19-15(20-25-17)13-1-5-18-6-2-13/h1-2,5-6,14H,3-4,7-12H2. The Bertz CT molecular complexity index is 706. The van der Waals surface area contributed by atoms with Crippen LogP contribution in [-0.4, -0.2) is 65.3 Å². The van der Waals surface area contributed by atoms with Crippen molar-refractivity contribution in [1.29, 1.82) is 0 Å². The van der Waals surface area contributed by atoms with Gasteiger partial charge in [0.15, 0.2) is 0 Å². The van der Waals surface area contributed by atoms with E-state index in [0.29, 0.717) is 38.1 Å². The fraction of sp³-hybridized carbons (Fsp3) is 0.529. The number of anilines is 1. The van der Waals surface area contributed by atoms with Crippen LogP contribution < -0.4 is 4.90 Å². The van der Waals surface area contributed by atoms with E-state index in [-0.39, 0.29) is 11.8 Å². The second-order valence-corrected chi connectivity index (χ2v) is 6.34. The van der Waals surface area contributed by atoms with Gasteiger partial charge in [-0.1, -0.05) is 5.16 Å². The van der Waals surface area contributed by atoms with Crippen molar-refractivity contribution >= 4 is 11.9 Å². The summed E-state index contributed by atoms with van der Waals surface area (Å²) in [5, 5.41) is 4.04. The highest BCUT2D eigenvalue weighted by atomic mass is 16.5. The average Bonchev–Trinajstić information content (AvgIpc) is 3.19. The molecular weight excluding hydrogens is 322 g/mol. The number of ether oxygens (including phenoxy) is 1. The fourth-order valence-corrected chi connectivity index (χ4v) is 3.32. The number of nitrogens with zero attached hydrogens (tertiary/aromatic N) is 5. The SMILES string of the molecule is O=C(C1CCN(c2nc(-c3ccncc3)no2)CC1)N1CCOCC1. The topological polar surface area (TPSA) is 84.6 Å². The molecule has 0 radical (unpaired) electrons. The summed E-state index contributed by atoms with van der Waals surface area (Å²) in [6.07, 6.45) is 5.02. The highest BCUT2D eigenvalue weighted by molar-refractivity contribution is 5.79. The maximum atomic E-state index is 12.6. The molecule has 132 valence electrons. The molecule has 2 aliphatic rings. The molecular formula is C17H21N5O3. The molecule has 2 aliphatic heterocycles. The normalized spacial score (nSPS) is 19.2. The first-order valence-corrected chi connectivity index (χ1v) is 8.67. The van der Waals surface area contributed by atoms with Gasteiger partial charge >= 0.3 is 6.01 Å². The van der Waals surface area contributed by atoms with Crippen LogP contribution in [0, 0.1) is 5.92 Å². The van der Waals surface area contributed by atoms with Crippen LogP contribution in [0.5, 0.6) is 0 Å². The zero-order valence-corrected chi connectivity index (χ0v) is 14.0. The molecule has 0 N–H and O–H groups in total. The predicted octanol–water partition coefficient (Wildman–Crippen LogP) is 1.21. The maximum absolute atomic E-state index is 12.6. The van der Waals surface area contributed by atoms with Crippen molar-refractivity contribution in [3.8, 4) is 11.4 Å². The van der Waals surface area contributed by atoms with E-state index in [9.17, 15) is 4.79 Å². The predicted molar refractivity (Wildman–Crippen MR) is 89.9 cm³/mol. The summed E-state index contributed by atoms with van der Waals surface area (Å²) in [6.45, 7) is 4.20. The third-order valence-corrected chi connectivity index (χ3v) is 4.79. The van der Waals surface area contributed by atoms with Crippen LogP contribution in [0.15, 0.2) is 29.0 Å². The van der Waals surface area contributed by atoms with Gasteiger partial charge in [0.1, 0.15) is 0 Å². The first-order chi connectivity index (χ1) is 12.3. The van der Waals surface area contributed by atoms with Crippen LogP contribution in [0.3, 0.4) is 0 Å². The lowest BCUT2D eigenvalue weighted by Crippen LogP contribution is -2.46. The lowest BCUT2D eigenvalue weighted by atomic mass is 9.95. The zero-order chi connectivity index (χ0) is 17.1. The summed E-state index contributed by atoms with van der Waals surface area (Å²) >= 11 is 0. The molecule has 0 aliphatic carbocycles. The molecule has 4 heterocycles. The molecule has 0 bridgehead atoms. The number of rotatable bonds is 3. The quantitative estimate of drug-likeness (QED) is 0.828. The molecule has 0 unspecified atom stereocenters. The number of hydrogen-bond acceptors (Lipinski definition) is 7. The molecule has 0 spiro atoms. The van der Waals surface area contributed by atoms with E-state index in [2.05, 4.69) is 20.0 Å². The first kappa shape index (κ1) is 16.0. The van der Waals surface area contributed by atoms with E-state index in [1.807, 2.05) is 17.0 Å². The molecule has 0 saturated carbocycles. The Balaban J connectivity index is 1.36. The second-order valence-electron chi connectivity index (χ2n) is 6.34. The number of carbonyl (C=O) groups excluding carboxylic acids is 1. The Morgan fingerprint density at radius 1 is 1.08 bits per heavy atom. The van der Waals surface area contributed by atoms with E-state index in [1.54, 1.807) is 12.4 Å². The van der Waals surface area contributed by atoms with Gasteiger partial charge < -0.3 is 19.1 Å². The highest BCUT2D eigenvalue weighted by Gasteiger charge is 2.31. The summed E-state index contributed by atoms with van der Waals surface area (Å²) in [5.41, 5.74) is 0.877. The zero-order valence-electron chi connectivity index (χ0n) is 14.0. The summed E-state index contributed by atoms with van der Waals surface area (Å²) < 4.78 is 10.7. The molecule has 0 atom stereocenters. The van der Waals surface area contributed by atoms with Crippen LogP contribution in [0.2, 0.25) is 0 Å². The van der Waals surface area contributed by atoms with E-state index in [4.69, 9.17) is 9.26 Å². The fourth-order valence-electron chi connectivity index (χ4n) is 3.32. The van der Waals surface area contributed by atoms with E-state index >= 15 is 0 Å². The number of piperidine rings is 1. The molecule has 25 heavy (non-hydrogen) atoms. The minimum absolute atomic E-state index is 0.0805. The Kier molecular flexibility index (Phi) is 4.60. The lowest BCUT2D eigenvalue weighted by molar-refractivity contribution is -0.140. The smallest absolute Gasteiger partial charge is 0.324 e. The first-order valence-electron chi connectivity index (χ1n) is 8.67. The van der Waals surface area contributed by atoms with Crippen molar-refractivity contribution < 1.29 is 14.1 Å². The summed E-state index contributed by atoms with van der Waals surface area (Å²) in [4.78, 5) is 25.0. The van der Waals surface area contributed by atoms with Gasteiger partial charge in [0.25, 0.3) is 0 Å². The third-order valence-electron chi connectivity index (χ3n) is 4.79. The van der Waals surface area contributed by atoms with Crippen LogP contribution >= 0.6 is 0 Å². The number of morpholine rings is 1. The van der Waals surface area contributed by atoms with Gasteiger partial charge in [-0.2, -0.15) is 4.98 Å². The number of aromatic nitrogens is 3. The Morgan fingerprint density at radius 2 is 1.80 bits per heavy atom. The minimum atomic E-state index is 0.0805. The van der Waals surface area contributed by atoms with Gasteiger partial charge in [-0.3, -0.25) is 9.78 Å². The number of hydrogen-bond donors (Lipinski definition) is 0. The lowest BCUT2D eigenvalue weighted by Gasteiger charge is -2.34. The monoisotopic (exact) mass is 343 g/mol. The summed E-state index contributed by atoms with van der Waals surface area (Å²) in [6, 6.07) is 4.22. The van der Waals surface area contributed by atoms with E-state index in [0.717, 1.165) is 31.5 Å². The number of pyridine rings is 1. The van der Waals surface area contributed by atoms with Crippen LogP contribution in [0.4, 0.5) is 6.01 Å². The summed E-state index contributed by atoms with van der Waals surface area (Å²) in [5.74, 6) is 0.895. The van der Waals surface area contributed by atoms with Crippen molar-refractivity contribution in [2.24, 2.45) is 5.92 Å². The van der Waals surface area contributed by atoms with E-state index < -0.39 is 0 Å². The molecule has 8 nitrogen and oxygen atoms in total. The van der Waals surface area contributed by atoms with Gasteiger partial charge in [-0.15, -0.1) is 0 Å². The van der Waals surface area contributed by atoms with Crippen molar-refractivity contribution in [3.05, 3.63) is 24.5 Å². The average molecular weight is 343 g/mol. The number of amides is 1. The van der Waals surface area contributed by atoms with Gasteiger partial charge in [-0.25, -0.2) is 0 Å².